The third kappa shape index (κ3) is 7.50. The summed E-state index contributed by atoms with van der Waals surface area (Å²) < 4.78 is 0. The van der Waals surface area contributed by atoms with Gasteiger partial charge in [0.2, 0.25) is 0 Å². The molecule has 19 heavy (non-hydrogen) atoms. The maximum atomic E-state index is 11.1. The fraction of sp³-hybridized carbons (Fsp3) is 0.929. The van der Waals surface area contributed by atoms with E-state index in [1.54, 1.807) is 0 Å². The van der Waals surface area contributed by atoms with Gasteiger partial charge in [0.1, 0.15) is 0 Å². The van der Waals surface area contributed by atoms with Crippen LogP contribution in [0.2, 0.25) is 0 Å². The molecule has 0 aromatic carbocycles. The SMILES string of the molecule is NCCCCN.O=C(O)C1(CCCO)CCCCC1. The van der Waals surface area contributed by atoms with Crippen molar-refractivity contribution < 1.29 is 15.0 Å². The Morgan fingerprint density at radius 3 is 1.89 bits per heavy atom. The molecule has 0 bridgehead atoms. The Hall–Kier alpha value is -0.650. The summed E-state index contributed by atoms with van der Waals surface area (Å²) >= 11 is 0. The second-order valence-corrected chi connectivity index (χ2v) is 5.26. The fourth-order valence-electron chi connectivity index (χ4n) is 2.51. The van der Waals surface area contributed by atoms with Gasteiger partial charge < -0.3 is 21.7 Å². The number of carbonyl (C=O) groups is 1. The van der Waals surface area contributed by atoms with Gasteiger partial charge in [-0.1, -0.05) is 19.3 Å². The van der Waals surface area contributed by atoms with Gasteiger partial charge in [-0.25, -0.2) is 0 Å². The van der Waals surface area contributed by atoms with Gasteiger partial charge in [-0.15, -0.1) is 0 Å². The van der Waals surface area contributed by atoms with Crippen LogP contribution in [0.5, 0.6) is 0 Å². The van der Waals surface area contributed by atoms with E-state index in [0.717, 1.165) is 58.0 Å². The van der Waals surface area contributed by atoms with Gasteiger partial charge in [-0.3, -0.25) is 4.79 Å². The van der Waals surface area contributed by atoms with Gasteiger partial charge in [0.15, 0.2) is 0 Å². The van der Waals surface area contributed by atoms with Crippen molar-refractivity contribution in [2.24, 2.45) is 16.9 Å². The number of carboxylic acid groups (broad SMARTS) is 1. The van der Waals surface area contributed by atoms with Gasteiger partial charge in [0.25, 0.3) is 0 Å². The zero-order chi connectivity index (χ0) is 14.6. The van der Waals surface area contributed by atoms with Crippen molar-refractivity contribution in [2.45, 2.75) is 57.8 Å². The van der Waals surface area contributed by atoms with Crippen molar-refractivity contribution in [1.82, 2.24) is 0 Å². The molecule has 0 heterocycles. The Morgan fingerprint density at radius 1 is 1.00 bits per heavy atom. The molecule has 1 saturated carbocycles. The molecule has 1 fully saturated rings. The number of nitrogens with two attached hydrogens (primary N) is 2. The molecule has 0 unspecified atom stereocenters. The summed E-state index contributed by atoms with van der Waals surface area (Å²) in [6, 6.07) is 0. The monoisotopic (exact) mass is 274 g/mol. The molecule has 0 spiro atoms. The maximum Gasteiger partial charge on any atom is 0.309 e. The average Bonchev–Trinajstić information content (AvgIpc) is 2.44. The minimum Gasteiger partial charge on any atom is -0.481 e. The largest absolute Gasteiger partial charge is 0.481 e. The second-order valence-electron chi connectivity index (χ2n) is 5.26. The van der Waals surface area contributed by atoms with E-state index in [0.29, 0.717) is 12.8 Å². The van der Waals surface area contributed by atoms with Crippen molar-refractivity contribution in [2.75, 3.05) is 19.7 Å². The van der Waals surface area contributed by atoms with Crippen LogP contribution in [0.25, 0.3) is 0 Å². The smallest absolute Gasteiger partial charge is 0.309 e. The average molecular weight is 274 g/mol. The first-order chi connectivity index (χ1) is 9.13. The predicted octanol–water partition coefficient (Wildman–Crippen LogP) is 1.48. The Morgan fingerprint density at radius 2 is 1.53 bits per heavy atom. The molecule has 1 rings (SSSR count). The van der Waals surface area contributed by atoms with Crippen LogP contribution in [-0.2, 0) is 4.79 Å². The summed E-state index contributed by atoms with van der Waals surface area (Å²) in [7, 11) is 0. The maximum absolute atomic E-state index is 11.1. The van der Waals surface area contributed by atoms with Crippen LogP contribution in [0, 0.1) is 5.41 Å². The summed E-state index contributed by atoms with van der Waals surface area (Å²) in [5.74, 6) is -0.666. The third-order valence-corrected chi connectivity index (χ3v) is 3.74. The lowest BCUT2D eigenvalue weighted by molar-refractivity contribution is -0.151. The molecule has 0 aliphatic heterocycles. The second kappa shape index (κ2) is 11.2. The van der Waals surface area contributed by atoms with Gasteiger partial charge in [0.05, 0.1) is 5.41 Å². The van der Waals surface area contributed by atoms with Crippen molar-refractivity contribution in [3.8, 4) is 0 Å². The van der Waals surface area contributed by atoms with E-state index in [1.165, 1.54) is 0 Å². The summed E-state index contributed by atoms with van der Waals surface area (Å²) in [4.78, 5) is 11.1. The zero-order valence-corrected chi connectivity index (χ0v) is 11.9. The number of hydrogen-bond donors (Lipinski definition) is 4. The molecule has 0 radical (unpaired) electrons. The van der Waals surface area contributed by atoms with E-state index in [1.807, 2.05) is 0 Å². The van der Waals surface area contributed by atoms with Crippen molar-refractivity contribution in [3.63, 3.8) is 0 Å². The van der Waals surface area contributed by atoms with E-state index >= 15 is 0 Å². The van der Waals surface area contributed by atoms with Crippen LogP contribution in [0.4, 0.5) is 0 Å². The Kier molecular flexibility index (Phi) is 10.8. The summed E-state index contributed by atoms with van der Waals surface area (Å²) in [6.07, 6.45) is 8.19. The lowest BCUT2D eigenvalue weighted by atomic mass is 9.71. The Labute approximate surface area is 116 Å². The number of unbranched alkanes of at least 4 members (excludes halogenated alkanes) is 1. The highest BCUT2D eigenvalue weighted by Gasteiger charge is 2.38. The number of rotatable bonds is 7. The van der Waals surface area contributed by atoms with Crippen molar-refractivity contribution in [1.29, 1.82) is 0 Å². The van der Waals surface area contributed by atoms with Crippen LogP contribution < -0.4 is 11.5 Å². The number of aliphatic hydroxyl groups is 1. The molecule has 0 amide bonds. The number of aliphatic carboxylic acids is 1. The first-order valence-corrected chi connectivity index (χ1v) is 7.37. The van der Waals surface area contributed by atoms with E-state index in [4.69, 9.17) is 21.7 Å². The van der Waals surface area contributed by atoms with E-state index in [9.17, 15) is 4.79 Å². The number of aliphatic hydroxyl groups excluding tert-OH is 1. The summed E-state index contributed by atoms with van der Waals surface area (Å²) in [6.45, 7) is 1.66. The Balaban J connectivity index is 0.000000459. The first kappa shape index (κ1) is 18.4. The molecule has 0 aromatic rings. The minimum absolute atomic E-state index is 0.106. The standard InChI is InChI=1S/C10H18O3.C4H12N2/c11-8-4-7-10(9(12)13)5-2-1-3-6-10;5-3-1-2-4-6/h11H,1-8H2,(H,12,13);1-6H2. The molecular formula is C14H30N2O3. The molecular weight excluding hydrogens is 244 g/mol. The number of carboxylic acids is 1. The van der Waals surface area contributed by atoms with E-state index < -0.39 is 11.4 Å². The van der Waals surface area contributed by atoms with Crippen LogP contribution in [0.1, 0.15) is 57.8 Å². The first-order valence-electron chi connectivity index (χ1n) is 7.37. The quantitative estimate of drug-likeness (QED) is 0.526. The van der Waals surface area contributed by atoms with Gasteiger partial charge in [0, 0.05) is 6.61 Å². The summed E-state index contributed by atoms with van der Waals surface area (Å²) in [5.41, 5.74) is 9.81. The molecule has 1 aliphatic carbocycles. The van der Waals surface area contributed by atoms with Gasteiger partial charge in [-0.05, 0) is 51.6 Å². The molecule has 0 atom stereocenters. The molecule has 0 aromatic heterocycles. The minimum atomic E-state index is -0.666. The van der Waals surface area contributed by atoms with E-state index in [2.05, 4.69) is 0 Å². The van der Waals surface area contributed by atoms with Crippen molar-refractivity contribution in [3.05, 3.63) is 0 Å². The third-order valence-electron chi connectivity index (χ3n) is 3.74. The molecule has 5 nitrogen and oxygen atoms in total. The molecule has 6 N–H and O–H groups in total. The van der Waals surface area contributed by atoms with Crippen LogP contribution >= 0.6 is 0 Å². The number of hydrogen-bond acceptors (Lipinski definition) is 4. The highest BCUT2D eigenvalue weighted by Crippen LogP contribution is 2.40. The fourth-order valence-corrected chi connectivity index (χ4v) is 2.51. The van der Waals surface area contributed by atoms with E-state index in [-0.39, 0.29) is 6.61 Å². The van der Waals surface area contributed by atoms with Crippen LogP contribution in [-0.4, -0.2) is 35.9 Å². The topological polar surface area (TPSA) is 110 Å². The normalized spacial score (nSPS) is 17.4. The van der Waals surface area contributed by atoms with Gasteiger partial charge in [-0.2, -0.15) is 0 Å². The lowest BCUT2D eigenvalue weighted by Gasteiger charge is -2.32. The molecule has 0 saturated heterocycles. The van der Waals surface area contributed by atoms with Crippen molar-refractivity contribution >= 4 is 5.97 Å². The zero-order valence-electron chi connectivity index (χ0n) is 11.9. The highest BCUT2D eigenvalue weighted by molar-refractivity contribution is 5.74. The molecule has 114 valence electrons. The molecule has 5 heteroatoms. The predicted molar refractivity (Wildman–Crippen MR) is 76.8 cm³/mol. The van der Waals surface area contributed by atoms with Gasteiger partial charge >= 0.3 is 5.97 Å². The highest BCUT2D eigenvalue weighted by atomic mass is 16.4. The molecule has 1 aliphatic rings. The van der Waals surface area contributed by atoms with Crippen LogP contribution in [0.3, 0.4) is 0 Å². The van der Waals surface area contributed by atoms with Crippen LogP contribution in [0.15, 0.2) is 0 Å². The lowest BCUT2D eigenvalue weighted by Crippen LogP contribution is -2.33. The summed E-state index contributed by atoms with van der Waals surface area (Å²) in [5, 5.41) is 17.8. The Bertz CT molecular complexity index is 225.